The third kappa shape index (κ3) is 4.61. The van der Waals surface area contributed by atoms with Gasteiger partial charge in [0, 0.05) is 37.1 Å². The van der Waals surface area contributed by atoms with Crippen molar-refractivity contribution < 1.29 is 39.0 Å². The van der Waals surface area contributed by atoms with Crippen LogP contribution in [0.15, 0.2) is 30.9 Å². The molecule has 1 heterocycles. The first-order valence-corrected chi connectivity index (χ1v) is 15.1. The molecule has 1 aromatic rings. The van der Waals surface area contributed by atoms with Gasteiger partial charge in [-0.1, -0.05) is 39.8 Å². The number of aliphatic hydroxyl groups excluding tert-OH is 1. The van der Waals surface area contributed by atoms with E-state index in [2.05, 4.69) is 32.7 Å². The highest BCUT2D eigenvalue weighted by Crippen LogP contribution is 2.69. The average molecular weight is 582 g/mol. The second-order valence-corrected chi connectivity index (χ2v) is 13.8. The Labute approximate surface area is 248 Å². The van der Waals surface area contributed by atoms with Crippen molar-refractivity contribution in [1.82, 2.24) is 5.32 Å². The summed E-state index contributed by atoms with van der Waals surface area (Å²) in [7, 11) is -1.25. The minimum Gasteiger partial charge on any atom is -0.478 e. The Morgan fingerprint density at radius 2 is 2.00 bits per heavy atom. The molecule has 3 saturated carbocycles. The molecule has 3 fully saturated rings. The third-order valence-electron chi connectivity index (χ3n) is 11.8. The lowest BCUT2D eigenvalue weighted by molar-refractivity contribution is -0.193. The first-order valence-electron chi connectivity index (χ1n) is 15.1. The van der Waals surface area contributed by atoms with E-state index >= 15 is 0 Å². The number of aliphatic hydroxyl groups is 1. The predicted molar refractivity (Wildman–Crippen MR) is 157 cm³/mol. The molecule has 0 radical (unpaired) electrons. The van der Waals surface area contributed by atoms with E-state index in [9.17, 15) is 29.6 Å². The van der Waals surface area contributed by atoms with Gasteiger partial charge in [-0.15, -0.1) is 6.58 Å². The lowest BCUT2D eigenvalue weighted by atomic mass is 9.41. The van der Waals surface area contributed by atoms with Crippen molar-refractivity contribution in [2.75, 3.05) is 6.54 Å². The molecular weight excluding hydrogens is 537 g/mol. The van der Waals surface area contributed by atoms with Gasteiger partial charge in [0.05, 0.1) is 12.2 Å². The molecule has 1 aliphatic heterocycles. The van der Waals surface area contributed by atoms with Crippen molar-refractivity contribution in [2.24, 2.45) is 39.9 Å². The van der Waals surface area contributed by atoms with Gasteiger partial charge in [-0.25, -0.2) is 4.79 Å². The SMILES string of the molecule is C=C[C@]1(C)C[C@@H](C(Oc2ccc3c(c2)B(O)OC3CNC(C)=O)C(=O)O)[C@@]2(C)[C@H](C)CC[C@]3(CCC(=O)[C@H]32)[C@@H](C)[C@@H]1O. The smallest absolute Gasteiger partial charge is 0.478 e. The van der Waals surface area contributed by atoms with E-state index in [4.69, 9.17) is 9.39 Å². The molecule has 0 saturated heterocycles. The second kappa shape index (κ2) is 10.8. The Bertz CT molecular complexity index is 1290. The number of hydrogen-bond donors (Lipinski definition) is 4. The Morgan fingerprint density at radius 3 is 2.64 bits per heavy atom. The van der Waals surface area contributed by atoms with Gasteiger partial charge < -0.3 is 29.9 Å². The summed E-state index contributed by atoms with van der Waals surface area (Å²) in [4.78, 5) is 38.3. The zero-order valence-electron chi connectivity index (χ0n) is 25.3. The molecule has 10 atom stereocenters. The van der Waals surface area contributed by atoms with Crippen LogP contribution in [0.25, 0.3) is 0 Å². The van der Waals surface area contributed by atoms with E-state index in [1.807, 2.05) is 6.92 Å². The maximum Gasteiger partial charge on any atom is 0.492 e. The lowest BCUT2D eigenvalue weighted by Gasteiger charge is -2.63. The summed E-state index contributed by atoms with van der Waals surface area (Å²) in [6, 6.07) is 4.97. The molecular formula is C32H44BNO8. The Hall–Kier alpha value is -2.69. The number of ketones is 1. The summed E-state index contributed by atoms with van der Waals surface area (Å²) in [6.45, 7) is 13.8. The highest BCUT2D eigenvalue weighted by molar-refractivity contribution is 6.61. The number of rotatable bonds is 7. The molecule has 2 bridgehead atoms. The molecule has 2 unspecified atom stereocenters. The number of carbonyl (C=O) groups is 3. The van der Waals surface area contributed by atoms with Gasteiger partial charge >= 0.3 is 13.1 Å². The predicted octanol–water partition coefficient (Wildman–Crippen LogP) is 3.02. The van der Waals surface area contributed by atoms with Gasteiger partial charge in [0.15, 0.2) is 6.10 Å². The van der Waals surface area contributed by atoms with Crippen molar-refractivity contribution in [3.05, 3.63) is 36.4 Å². The Kier molecular flexibility index (Phi) is 7.90. The van der Waals surface area contributed by atoms with Gasteiger partial charge in [0.2, 0.25) is 5.91 Å². The molecule has 10 heteroatoms. The lowest BCUT2D eigenvalue weighted by Crippen LogP contribution is -2.63. The fourth-order valence-electron chi connectivity index (χ4n) is 9.20. The van der Waals surface area contributed by atoms with E-state index in [0.29, 0.717) is 23.9 Å². The minimum atomic E-state index is -1.32. The number of fused-ring (bicyclic) bond motifs is 1. The molecule has 1 amide bonds. The molecule has 1 aromatic carbocycles. The molecule has 4 aliphatic rings. The number of aliphatic carboxylic acids is 1. The molecule has 9 nitrogen and oxygen atoms in total. The van der Waals surface area contributed by atoms with E-state index in [-0.39, 0.29) is 48.2 Å². The van der Waals surface area contributed by atoms with Crippen LogP contribution < -0.4 is 15.5 Å². The van der Waals surface area contributed by atoms with Crippen molar-refractivity contribution in [1.29, 1.82) is 0 Å². The van der Waals surface area contributed by atoms with E-state index in [1.165, 1.54) is 6.92 Å². The van der Waals surface area contributed by atoms with Crippen LogP contribution in [-0.2, 0) is 19.0 Å². The molecule has 0 spiro atoms. The number of carboxylic acids is 1. The fraction of sp³-hybridized carbons (Fsp3) is 0.656. The van der Waals surface area contributed by atoms with Gasteiger partial charge in [-0.2, -0.15) is 0 Å². The van der Waals surface area contributed by atoms with Crippen molar-refractivity contribution >= 4 is 30.2 Å². The molecule has 4 N–H and O–H groups in total. The van der Waals surface area contributed by atoms with Gasteiger partial charge in [-0.3, -0.25) is 9.59 Å². The standard InChI is InChI=1S/C32H44BNO8/c1-7-30(5)15-22(31(6)17(2)10-12-32(18(3)28(30)37)13-11-24(36)27(31)32)26(29(38)39)41-20-8-9-21-23(14-20)33(40)42-25(21)16-34-19(4)35/h7-9,14,17-18,22,25-28,37,40H,1,10-13,15-16H2,2-6H3,(H,34,35)(H,38,39)/t17-,18+,22+,25?,26?,27+,28+,30-,31-,32+/m1/s1. The zero-order chi connectivity index (χ0) is 30.8. The number of ether oxygens (including phenoxy) is 1. The maximum absolute atomic E-state index is 13.7. The van der Waals surface area contributed by atoms with Crippen LogP contribution in [-0.4, -0.2) is 58.8 Å². The highest BCUT2D eigenvalue weighted by Gasteiger charge is 2.69. The summed E-state index contributed by atoms with van der Waals surface area (Å²) in [6.07, 6.45) is 2.14. The largest absolute Gasteiger partial charge is 0.492 e. The summed E-state index contributed by atoms with van der Waals surface area (Å²) in [5.74, 6) is -2.06. The quantitative estimate of drug-likeness (QED) is 0.285. The summed E-state index contributed by atoms with van der Waals surface area (Å²) >= 11 is 0. The highest BCUT2D eigenvalue weighted by atomic mass is 16.5. The first kappa shape index (κ1) is 30.8. The maximum atomic E-state index is 13.7. The van der Waals surface area contributed by atoms with Gasteiger partial charge in [-0.05, 0) is 71.5 Å². The topological polar surface area (TPSA) is 142 Å². The van der Waals surface area contributed by atoms with Crippen molar-refractivity contribution in [3.8, 4) is 5.75 Å². The molecule has 3 aliphatic carbocycles. The molecule has 42 heavy (non-hydrogen) atoms. The van der Waals surface area contributed by atoms with Crippen molar-refractivity contribution in [2.45, 2.75) is 85.0 Å². The number of amides is 1. The van der Waals surface area contributed by atoms with Crippen LogP contribution in [0.4, 0.5) is 0 Å². The number of carboxylic acid groups (broad SMARTS) is 1. The minimum absolute atomic E-state index is 0.0504. The average Bonchev–Trinajstić information content (AvgIpc) is 3.47. The van der Waals surface area contributed by atoms with Crippen LogP contribution in [0, 0.1) is 39.9 Å². The molecule has 0 aromatic heterocycles. The van der Waals surface area contributed by atoms with Crippen LogP contribution in [0.5, 0.6) is 5.75 Å². The summed E-state index contributed by atoms with van der Waals surface area (Å²) in [5, 5.41) is 35.8. The van der Waals surface area contributed by atoms with E-state index in [1.54, 1.807) is 24.3 Å². The number of Topliss-reactive ketones (excluding diaryl/α,β-unsaturated/α-hetero) is 1. The first-order chi connectivity index (χ1) is 19.7. The third-order valence-corrected chi connectivity index (χ3v) is 11.8. The van der Waals surface area contributed by atoms with Gasteiger partial charge in [0.25, 0.3) is 0 Å². The second-order valence-electron chi connectivity index (χ2n) is 13.8. The van der Waals surface area contributed by atoms with Crippen LogP contribution in [0.1, 0.15) is 78.4 Å². The fourth-order valence-corrected chi connectivity index (χ4v) is 9.20. The van der Waals surface area contributed by atoms with Crippen molar-refractivity contribution in [3.63, 3.8) is 0 Å². The van der Waals surface area contributed by atoms with Crippen LogP contribution >= 0.6 is 0 Å². The number of hydrogen-bond acceptors (Lipinski definition) is 7. The molecule has 5 rings (SSSR count). The normalized spacial score (nSPS) is 39.9. The van der Waals surface area contributed by atoms with E-state index in [0.717, 1.165) is 12.8 Å². The number of benzene rings is 1. The molecule has 228 valence electrons. The van der Waals surface area contributed by atoms with Gasteiger partial charge in [0.1, 0.15) is 11.5 Å². The monoisotopic (exact) mass is 581 g/mol. The van der Waals surface area contributed by atoms with E-state index < -0.39 is 53.6 Å². The van der Waals surface area contributed by atoms with Crippen LogP contribution in [0.2, 0.25) is 0 Å². The summed E-state index contributed by atoms with van der Waals surface area (Å²) < 4.78 is 12.0. The Balaban J connectivity index is 1.57. The summed E-state index contributed by atoms with van der Waals surface area (Å²) in [5.41, 5.74) is -0.779. The zero-order valence-corrected chi connectivity index (χ0v) is 25.3. The number of nitrogens with one attached hydrogen (secondary N) is 1. The Morgan fingerprint density at radius 1 is 1.29 bits per heavy atom. The number of carbonyl (C=O) groups excluding carboxylic acids is 2. The van der Waals surface area contributed by atoms with Crippen LogP contribution in [0.3, 0.4) is 0 Å².